The molecule has 102 valence electrons. The van der Waals surface area contributed by atoms with Gasteiger partial charge in [-0.2, -0.15) is 16.4 Å². The highest BCUT2D eigenvalue weighted by atomic mass is 32.1. The molecule has 0 radical (unpaired) electrons. The molecule has 0 spiro atoms. The summed E-state index contributed by atoms with van der Waals surface area (Å²) in [6.07, 6.45) is 3.68. The molecule has 0 bridgehead atoms. The van der Waals surface area contributed by atoms with Crippen molar-refractivity contribution < 1.29 is 4.79 Å². The topological polar surface area (TPSA) is 46.9 Å². The van der Waals surface area contributed by atoms with E-state index < -0.39 is 0 Å². The van der Waals surface area contributed by atoms with Gasteiger partial charge in [-0.05, 0) is 28.5 Å². The van der Waals surface area contributed by atoms with Gasteiger partial charge < -0.3 is 5.32 Å². The maximum Gasteiger partial charge on any atom is 0.225 e. The molecule has 1 N–H and O–H groups in total. The van der Waals surface area contributed by atoms with Gasteiger partial charge in [-0.15, -0.1) is 0 Å². The summed E-state index contributed by atoms with van der Waals surface area (Å²) in [7, 11) is 0. The van der Waals surface area contributed by atoms with E-state index >= 15 is 0 Å². The van der Waals surface area contributed by atoms with Crippen LogP contribution in [-0.4, -0.2) is 22.2 Å². The summed E-state index contributed by atoms with van der Waals surface area (Å²) in [5.74, 6) is 0.0554. The maximum atomic E-state index is 12.0. The predicted octanol–water partition coefficient (Wildman–Crippen LogP) is 2.70. The normalized spacial score (nSPS) is 13.2. The van der Waals surface area contributed by atoms with Crippen LogP contribution < -0.4 is 5.32 Å². The van der Waals surface area contributed by atoms with E-state index in [-0.39, 0.29) is 17.4 Å². The van der Waals surface area contributed by atoms with Crippen molar-refractivity contribution in [2.24, 2.45) is 5.41 Å². The summed E-state index contributed by atoms with van der Waals surface area (Å²) in [6.45, 7) is 6.29. The van der Waals surface area contributed by atoms with Crippen LogP contribution in [0.5, 0.6) is 0 Å². The molecule has 19 heavy (non-hydrogen) atoms. The second-order valence-electron chi connectivity index (χ2n) is 5.52. The van der Waals surface area contributed by atoms with Crippen molar-refractivity contribution >= 4 is 17.2 Å². The molecule has 4 nitrogen and oxygen atoms in total. The van der Waals surface area contributed by atoms with Crippen LogP contribution in [0.15, 0.2) is 35.3 Å². The second kappa shape index (κ2) is 5.57. The maximum absolute atomic E-state index is 12.0. The third-order valence-corrected chi connectivity index (χ3v) is 3.61. The van der Waals surface area contributed by atoms with Crippen molar-refractivity contribution in [3.8, 4) is 0 Å². The summed E-state index contributed by atoms with van der Waals surface area (Å²) >= 11 is 1.65. The number of hydrogen-bond donors (Lipinski definition) is 1. The van der Waals surface area contributed by atoms with E-state index in [0.29, 0.717) is 6.54 Å². The zero-order valence-electron chi connectivity index (χ0n) is 11.5. The summed E-state index contributed by atoms with van der Waals surface area (Å²) in [5, 5.41) is 11.4. The van der Waals surface area contributed by atoms with E-state index in [9.17, 15) is 4.79 Å². The van der Waals surface area contributed by atoms with Crippen molar-refractivity contribution in [1.29, 1.82) is 0 Å². The molecule has 0 saturated heterocycles. The Morgan fingerprint density at radius 2 is 2.32 bits per heavy atom. The first kappa shape index (κ1) is 13.8. The first-order chi connectivity index (χ1) is 8.98. The van der Waals surface area contributed by atoms with Gasteiger partial charge in [-0.25, -0.2) is 0 Å². The van der Waals surface area contributed by atoms with Crippen molar-refractivity contribution in [2.45, 2.75) is 26.8 Å². The first-order valence-corrected chi connectivity index (χ1v) is 7.22. The van der Waals surface area contributed by atoms with Crippen molar-refractivity contribution in [1.82, 2.24) is 15.1 Å². The number of nitrogens with one attached hydrogen (secondary N) is 1. The molecule has 2 heterocycles. The van der Waals surface area contributed by atoms with Gasteiger partial charge in [-0.3, -0.25) is 9.48 Å². The van der Waals surface area contributed by atoms with E-state index in [1.54, 1.807) is 17.5 Å². The van der Waals surface area contributed by atoms with Crippen molar-refractivity contribution in [2.75, 3.05) is 6.54 Å². The second-order valence-corrected chi connectivity index (χ2v) is 6.30. The quantitative estimate of drug-likeness (QED) is 0.934. The molecule has 2 aromatic heterocycles. The summed E-state index contributed by atoms with van der Waals surface area (Å²) in [5.41, 5.74) is 0.798. The van der Waals surface area contributed by atoms with E-state index in [4.69, 9.17) is 0 Å². The minimum atomic E-state index is -0.372. The van der Waals surface area contributed by atoms with Crippen LogP contribution in [-0.2, 0) is 4.79 Å². The van der Waals surface area contributed by atoms with Gasteiger partial charge >= 0.3 is 0 Å². The third kappa shape index (κ3) is 3.44. The van der Waals surface area contributed by atoms with Crippen LogP contribution in [0.1, 0.15) is 32.4 Å². The molecule has 5 heteroatoms. The van der Waals surface area contributed by atoms with Gasteiger partial charge in [0.25, 0.3) is 0 Å². The van der Waals surface area contributed by atoms with E-state index in [1.807, 2.05) is 43.1 Å². The minimum Gasteiger partial charge on any atom is -0.353 e. The molecule has 2 aromatic rings. The van der Waals surface area contributed by atoms with E-state index in [0.717, 1.165) is 0 Å². The Morgan fingerprint density at radius 1 is 1.53 bits per heavy atom. The number of carbonyl (C=O) groups is 1. The molecule has 1 amide bonds. The van der Waals surface area contributed by atoms with Gasteiger partial charge in [0.1, 0.15) is 0 Å². The third-order valence-electron chi connectivity index (χ3n) is 2.91. The smallest absolute Gasteiger partial charge is 0.225 e. The fourth-order valence-electron chi connectivity index (χ4n) is 1.75. The van der Waals surface area contributed by atoms with Gasteiger partial charge in [0.2, 0.25) is 5.91 Å². The fraction of sp³-hybridized carbons (Fsp3) is 0.429. The number of thiophene rings is 1. The monoisotopic (exact) mass is 277 g/mol. The SMILES string of the molecule is CC(C)(C)C(=O)NCC(c1ccsc1)n1cccn1. The summed E-state index contributed by atoms with van der Waals surface area (Å²) < 4.78 is 1.88. The Labute approximate surface area is 117 Å². The van der Waals surface area contributed by atoms with Crippen LogP contribution in [0, 0.1) is 5.41 Å². The van der Waals surface area contributed by atoms with Gasteiger partial charge in [0.15, 0.2) is 0 Å². The lowest BCUT2D eigenvalue weighted by Crippen LogP contribution is -2.38. The van der Waals surface area contributed by atoms with Gasteiger partial charge in [0, 0.05) is 24.4 Å². The van der Waals surface area contributed by atoms with Crippen LogP contribution in [0.3, 0.4) is 0 Å². The lowest BCUT2D eigenvalue weighted by Gasteiger charge is -2.22. The molecule has 0 aliphatic heterocycles. The van der Waals surface area contributed by atoms with Crippen LogP contribution in [0.25, 0.3) is 0 Å². The van der Waals surface area contributed by atoms with Gasteiger partial charge in [0.05, 0.1) is 6.04 Å². The fourth-order valence-corrected chi connectivity index (χ4v) is 2.46. The Kier molecular flexibility index (Phi) is 4.04. The zero-order chi connectivity index (χ0) is 13.9. The highest BCUT2D eigenvalue weighted by Gasteiger charge is 2.23. The lowest BCUT2D eigenvalue weighted by molar-refractivity contribution is -0.128. The predicted molar refractivity (Wildman–Crippen MR) is 77.1 cm³/mol. The molecule has 1 unspecified atom stereocenters. The Bertz CT molecular complexity index is 477. The number of amides is 1. The molecule has 0 aromatic carbocycles. The van der Waals surface area contributed by atoms with Crippen molar-refractivity contribution in [3.63, 3.8) is 0 Å². The molecule has 2 rings (SSSR count). The largest absolute Gasteiger partial charge is 0.353 e. The number of hydrogen-bond acceptors (Lipinski definition) is 3. The molecule has 0 aliphatic rings. The number of nitrogens with zero attached hydrogens (tertiary/aromatic N) is 2. The Hall–Kier alpha value is -1.62. The standard InChI is InChI=1S/C14H19N3OS/c1-14(2,3)13(18)15-9-12(11-5-8-19-10-11)17-7-4-6-16-17/h4-8,10,12H,9H2,1-3H3,(H,15,18). The molecule has 0 aliphatic carbocycles. The highest BCUT2D eigenvalue weighted by molar-refractivity contribution is 7.07. The van der Waals surface area contributed by atoms with Gasteiger partial charge in [-0.1, -0.05) is 20.8 Å². The Balaban J connectivity index is 2.10. The first-order valence-electron chi connectivity index (χ1n) is 6.28. The molecule has 0 fully saturated rings. The zero-order valence-corrected chi connectivity index (χ0v) is 12.3. The molecule has 0 saturated carbocycles. The van der Waals surface area contributed by atoms with Crippen LogP contribution >= 0.6 is 11.3 Å². The summed E-state index contributed by atoms with van der Waals surface area (Å²) in [4.78, 5) is 12.0. The molecular formula is C14H19N3OS. The number of rotatable bonds is 4. The molecular weight excluding hydrogens is 258 g/mol. The number of aromatic nitrogens is 2. The minimum absolute atomic E-state index is 0.0487. The number of carbonyl (C=O) groups excluding carboxylic acids is 1. The average Bonchev–Trinajstić information content (AvgIpc) is 3.00. The van der Waals surface area contributed by atoms with Crippen LogP contribution in [0.4, 0.5) is 0 Å². The van der Waals surface area contributed by atoms with Crippen LogP contribution in [0.2, 0.25) is 0 Å². The molecule has 1 atom stereocenters. The van der Waals surface area contributed by atoms with Crippen molar-refractivity contribution in [3.05, 3.63) is 40.8 Å². The average molecular weight is 277 g/mol. The lowest BCUT2D eigenvalue weighted by atomic mass is 9.95. The Morgan fingerprint density at radius 3 is 2.84 bits per heavy atom. The van der Waals surface area contributed by atoms with E-state index in [1.165, 1.54) is 5.56 Å². The summed E-state index contributed by atoms with van der Waals surface area (Å²) in [6, 6.07) is 4.01. The highest BCUT2D eigenvalue weighted by Crippen LogP contribution is 2.20. The van der Waals surface area contributed by atoms with E-state index in [2.05, 4.69) is 21.9 Å².